The highest BCUT2D eigenvalue weighted by Gasteiger charge is 2.22. The van der Waals surface area contributed by atoms with Crippen molar-refractivity contribution in [2.75, 3.05) is 18.6 Å². The molecule has 3 nitrogen and oxygen atoms in total. The second-order valence-electron chi connectivity index (χ2n) is 5.96. The molecule has 0 aliphatic heterocycles. The van der Waals surface area contributed by atoms with E-state index in [4.69, 9.17) is 0 Å². The number of hydrogen-bond donors (Lipinski definition) is 1. The van der Waals surface area contributed by atoms with Gasteiger partial charge < -0.3 is 5.32 Å². The van der Waals surface area contributed by atoms with Gasteiger partial charge in [0.25, 0.3) is 0 Å². The topological polar surface area (TPSA) is 46.2 Å². The van der Waals surface area contributed by atoms with E-state index < -0.39 is 9.84 Å². The summed E-state index contributed by atoms with van der Waals surface area (Å²) in [6.07, 6.45) is 5.34. The van der Waals surface area contributed by atoms with E-state index in [0.29, 0.717) is 11.8 Å². The van der Waals surface area contributed by atoms with Crippen LogP contribution in [0.5, 0.6) is 0 Å². The third-order valence-electron chi connectivity index (χ3n) is 3.00. The SMILES string of the molecule is CCNC(CCCCCS(C)(=O)=O)C(C)(C)C. The van der Waals surface area contributed by atoms with Gasteiger partial charge in [0.2, 0.25) is 0 Å². The fourth-order valence-electron chi connectivity index (χ4n) is 1.98. The predicted molar refractivity (Wildman–Crippen MR) is 75.1 cm³/mol. The molecule has 0 radical (unpaired) electrons. The fourth-order valence-corrected chi connectivity index (χ4v) is 2.71. The molecule has 0 aromatic carbocycles. The third kappa shape index (κ3) is 9.60. The Kier molecular flexibility index (Phi) is 7.33. The highest BCUT2D eigenvalue weighted by molar-refractivity contribution is 7.90. The molecule has 0 saturated heterocycles. The number of rotatable bonds is 8. The van der Waals surface area contributed by atoms with E-state index >= 15 is 0 Å². The van der Waals surface area contributed by atoms with Crippen LogP contribution in [0, 0.1) is 5.41 Å². The maximum Gasteiger partial charge on any atom is 0.147 e. The molecule has 0 aliphatic carbocycles. The Morgan fingerprint density at radius 3 is 2.12 bits per heavy atom. The van der Waals surface area contributed by atoms with Crippen molar-refractivity contribution in [1.29, 1.82) is 0 Å². The zero-order valence-corrected chi connectivity index (χ0v) is 12.9. The molecule has 0 bridgehead atoms. The summed E-state index contributed by atoms with van der Waals surface area (Å²) in [7, 11) is -2.78. The van der Waals surface area contributed by atoms with Crippen LogP contribution in [0.1, 0.15) is 53.4 Å². The number of unbranched alkanes of at least 4 members (excludes halogenated alkanes) is 2. The van der Waals surface area contributed by atoms with E-state index in [9.17, 15) is 8.42 Å². The number of hydrogen-bond acceptors (Lipinski definition) is 3. The first-order chi connectivity index (χ1) is 7.67. The Balaban J connectivity index is 3.84. The zero-order valence-electron chi connectivity index (χ0n) is 12.0. The van der Waals surface area contributed by atoms with Gasteiger partial charge in [-0.05, 0) is 24.8 Å². The molecule has 0 aliphatic rings. The van der Waals surface area contributed by atoms with E-state index in [1.165, 1.54) is 6.26 Å². The highest BCUT2D eigenvalue weighted by atomic mass is 32.2. The van der Waals surface area contributed by atoms with Gasteiger partial charge in [-0.2, -0.15) is 0 Å². The molecule has 0 rings (SSSR count). The average molecular weight is 263 g/mol. The molecule has 17 heavy (non-hydrogen) atoms. The van der Waals surface area contributed by atoms with E-state index in [1.807, 2.05) is 0 Å². The Hall–Kier alpha value is -0.0900. The van der Waals surface area contributed by atoms with Crippen molar-refractivity contribution in [3.63, 3.8) is 0 Å². The molecule has 0 aromatic rings. The van der Waals surface area contributed by atoms with E-state index in [2.05, 4.69) is 33.0 Å². The largest absolute Gasteiger partial charge is 0.314 e. The average Bonchev–Trinajstić information content (AvgIpc) is 2.12. The Bertz CT molecular complexity index is 291. The van der Waals surface area contributed by atoms with E-state index in [1.54, 1.807) is 0 Å². The summed E-state index contributed by atoms with van der Waals surface area (Å²) in [5.74, 6) is 0.328. The van der Waals surface area contributed by atoms with Gasteiger partial charge in [-0.15, -0.1) is 0 Å². The van der Waals surface area contributed by atoms with Gasteiger partial charge in [0, 0.05) is 18.1 Å². The fraction of sp³-hybridized carbons (Fsp3) is 1.00. The lowest BCUT2D eigenvalue weighted by Gasteiger charge is -2.31. The van der Waals surface area contributed by atoms with Gasteiger partial charge in [0.1, 0.15) is 9.84 Å². The standard InChI is InChI=1S/C13H29NO2S/c1-6-14-12(13(2,3)4)10-8-7-9-11-17(5,15)16/h12,14H,6-11H2,1-5H3. The minimum absolute atomic E-state index is 0.271. The highest BCUT2D eigenvalue weighted by Crippen LogP contribution is 2.23. The van der Waals surface area contributed by atoms with Crippen molar-refractivity contribution in [3.05, 3.63) is 0 Å². The van der Waals surface area contributed by atoms with Crippen LogP contribution in [0.15, 0.2) is 0 Å². The molecule has 0 spiro atoms. The number of sulfone groups is 1. The van der Waals surface area contributed by atoms with Crippen molar-refractivity contribution in [2.24, 2.45) is 5.41 Å². The van der Waals surface area contributed by atoms with Gasteiger partial charge in [0.15, 0.2) is 0 Å². The first kappa shape index (κ1) is 16.9. The second kappa shape index (κ2) is 7.37. The minimum atomic E-state index is -2.78. The molecular formula is C13H29NO2S. The van der Waals surface area contributed by atoms with Crippen LogP contribution in [0.25, 0.3) is 0 Å². The Morgan fingerprint density at radius 1 is 1.12 bits per heavy atom. The molecule has 0 amide bonds. The molecule has 0 fully saturated rings. The molecular weight excluding hydrogens is 234 g/mol. The first-order valence-electron chi connectivity index (χ1n) is 6.58. The van der Waals surface area contributed by atoms with Crippen LogP contribution in [0.2, 0.25) is 0 Å². The van der Waals surface area contributed by atoms with E-state index in [-0.39, 0.29) is 5.41 Å². The molecule has 0 aromatic heterocycles. The molecule has 0 heterocycles. The summed E-state index contributed by atoms with van der Waals surface area (Å²) in [5, 5.41) is 3.51. The van der Waals surface area contributed by atoms with Gasteiger partial charge >= 0.3 is 0 Å². The van der Waals surface area contributed by atoms with Crippen LogP contribution in [0.3, 0.4) is 0 Å². The zero-order chi connectivity index (χ0) is 13.5. The van der Waals surface area contributed by atoms with Gasteiger partial charge in [-0.25, -0.2) is 8.42 Å². The summed E-state index contributed by atoms with van der Waals surface area (Å²) < 4.78 is 22.0. The van der Waals surface area contributed by atoms with Gasteiger partial charge in [-0.1, -0.05) is 40.5 Å². The lowest BCUT2D eigenvalue weighted by molar-refractivity contribution is 0.253. The second-order valence-corrected chi connectivity index (χ2v) is 8.22. The molecule has 1 N–H and O–H groups in total. The quantitative estimate of drug-likeness (QED) is 0.685. The lowest BCUT2D eigenvalue weighted by atomic mass is 9.83. The third-order valence-corrected chi connectivity index (χ3v) is 4.03. The monoisotopic (exact) mass is 263 g/mol. The van der Waals surface area contributed by atoms with Crippen LogP contribution < -0.4 is 5.32 Å². The normalized spacial score (nSPS) is 14.9. The molecule has 1 unspecified atom stereocenters. The lowest BCUT2D eigenvalue weighted by Crippen LogP contribution is -2.40. The van der Waals surface area contributed by atoms with Crippen molar-refractivity contribution in [1.82, 2.24) is 5.32 Å². The van der Waals surface area contributed by atoms with Crippen molar-refractivity contribution >= 4 is 9.84 Å². The molecule has 0 saturated carbocycles. The van der Waals surface area contributed by atoms with Crippen molar-refractivity contribution in [3.8, 4) is 0 Å². The first-order valence-corrected chi connectivity index (χ1v) is 8.64. The maximum atomic E-state index is 11.0. The minimum Gasteiger partial charge on any atom is -0.314 e. The molecule has 4 heteroatoms. The Labute approximate surface area is 107 Å². The smallest absolute Gasteiger partial charge is 0.147 e. The van der Waals surface area contributed by atoms with Gasteiger partial charge in [0.05, 0.1) is 0 Å². The van der Waals surface area contributed by atoms with Crippen LogP contribution in [0.4, 0.5) is 0 Å². The molecule has 1 atom stereocenters. The number of nitrogens with one attached hydrogen (secondary N) is 1. The summed E-state index contributed by atoms with van der Waals surface area (Å²) in [4.78, 5) is 0. The van der Waals surface area contributed by atoms with Crippen molar-refractivity contribution in [2.45, 2.75) is 59.4 Å². The predicted octanol–water partition coefficient (Wildman–Crippen LogP) is 2.62. The van der Waals surface area contributed by atoms with Crippen LogP contribution in [-0.2, 0) is 9.84 Å². The Morgan fingerprint density at radius 2 is 1.71 bits per heavy atom. The summed E-state index contributed by atoms with van der Waals surface area (Å²) in [6.45, 7) is 9.86. The summed E-state index contributed by atoms with van der Waals surface area (Å²) in [6, 6.07) is 0.519. The van der Waals surface area contributed by atoms with Crippen LogP contribution >= 0.6 is 0 Å². The molecule has 104 valence electrons. The summed E-state index contributed by atoms with van der Waals surface area (Å²) >= 11 is 0. The van der Waals surface area contributed by atoms with Crippen LogP contribution in [-0.4, -0.2) is 33.0 Å². The maximum absolute atomic E-state index is 11.0. The summed E-state index contributed by atoms with van der Waals surface area (Å²) in [5.41, 5.74) is 0.271. The van der Waals surface area contributed by atoms with Crippen molar-refractivity contribution < 1.29 is 8.42 Å². The van der Waals surface area contributed by atoms with E-state index in [0.717, 1.165) is 32.2 Å². The van der Waals surface area contributed by atoms with Gasteiger partial charge in [-0.3, -0.25) is 0 Å².